The van der Waals surface area contributed by atoms with Crippen molar-refractivity contribution in [2.45, 2.75) is 6.04 Å². The number of nitrogens with zero attached hydrogens (tertiary/aromatic N) is 2. The molecule has 2 heteroatoms. The van der Waals surface area contributed by atoms with E-state index in [1.165, 1.54) is 11.1 Å². The SMILES string of the molecule is [c]1nc2ccccc2n1C(c1ccccc1)c1ccccc1. The third-order valence-corrected chi connectivity index (χ3v) is 3.91. The van der Waals surface area contributed by atoms with Gasteiger partial charge >= 0.3 is 0 Å². The van der Waals surface area contributed by atoms with E-state index in [4.69, 9.17) is 0 Å². The molecule has 0 aliphatic carbocycles. The maximum Gasteiger partial charge on any atom is 0.178 e. The van der Waals surface area contributed by atoms with Gasteiger partial charge in [0.1, 0.15) is 0 Å². The van der Waals surface area contributed by atoms with Gasteiger partial charge in [0.2, 0.25) is 0 Å². The normalized spacial score (nSPS) is 11.1. The van der Waals surface area contributed by atoms with Crippen LogP contribution in [0.25, 0.3) is 11.0 Å². The van der Waals surface area contributed by atoms with Crippen molar-refractivity contribution in [2.75, 3.05) is 0 Å². The summed E-state index contributed by atoms with van der Waals surface area (Å²) < 4.78 is 2.12. The van der Waals surface area contributed by atoms with Crippen LogP contribution in [-0.2, 0) is 0 Å². The summed E-state index contributed by atoms with van der Waals surface area (Å²) in [5, 5.41) is 0. The highest BCUT2D eigenvalue weighted by Gasteiger charge is 2.18. The van der Waals surface area contributed by atoms with Crippen LogP contribution in [0.2, 0.25) is 0 Å². The predicted octanol–water partition coefficient (Wildman–Crippen LogP) is 4.47. The fraction of sp³-hybridized carbons (Fsp3) is 0.0500. The zero-order chi connectivity index (χ0) is 14.8. The Morgan fingerprint density at radius 2 is 1.23 bits per heavy atom. The van der Waals surface area contributed by atoms with Crippen LogP contribution in [0, 0.1) is 6.33 Å². The molecule has 0 aliphatic heterocycles. The quantitative estimate of drug-likeness (QED) is 0.542. The van der Waals surface area contributed by atoms with Gasteiger partial charge in [-0.05, 0) is 23.3 Å². The molecule has 0 aliphatic rings. The largest absolute Gasteiger partial charge is 0.310 e. The topological polar surface area (TPSA) is 17.8 Å². The maximum absolute atomic E-state index is 4.43. The molecule has 4 rings (SSSR count). The van der Waals surface area contributed by atoms with Gasteiger partial charge in [-0.3, -0.25) is 0 Å². The van der Waals surface area contributed by atoms with E-state index in [2.05, 4.69) is 70.5 Å². The van der Waals surface area contributed by atoms with E-state index in [1.54, 1.807) is 0 Å². The van der Waals surface area contributed by atoms with Crippen molar-refractivity contribution in [1.82, 2.24) is 9.55 Å². The number of hydrogen-bond donors (Lipinski definition) is 0. The molecule has 0 spiro atoms. The molecule has 1 aromatic heterocycles. The van der Waals surface area contributed by atoms with Gasteiger partial charge in [-0.2, -0.15) is 0 Å². The molecule has 0 saturated heterocycles. The second kappa shape index (κ2) is 5.49. The van der Waals surface area contributed by atoms with Crippen LogP contribution < -0.4 is 0 Å². The number of benzene rings is 3. The van der Waals surface area contributed by atoms with E-state index < -0.39 is 0 Å². The molecule has 0 saturated carbocycles. The highest BCUT2D eigenvalue weighted by Crippen LogP contribution is 2.29. The van der Waals surface area contributed by atoms with Crippen LogP contribution in [0.4, 0.5) is 0 Å². The zero-order valence-electron chi connectivity index (χ0n) is 12.1. The first-order chi connectivity index (χ1) is 10.9. The molecule has 0 amide bonds. The van der Waals surface area contributed by atoms with Crippen LogP contribution in [0.3, 0.4) is 0 Å². The highest BCUT2D eigenvalue weighted by atomic mass is 15.1. The van der Waals surface area contributed by atoms with E-state index in [1.807, 2.05) is 30.3 Å². The molecule has 2 nitrogen and oxygen atoms in total. The van der Waals surface area contributed by atoms with Crippen LogP contribution >= 0.6 is 0 Å². The Balaban J connectivity index is 1.95. The predicted molar refractivity (Wildman–Crippen MR) is 88.7 cm³/mol. The lowest BCUT2D eigenvalue weighted by atomic mass is 9.98. The van der Waals surface area contributed by atoms with Crippen molar-refractivity contribution < 1.29 is 0 Å². The molecule has 105 valence electrons. The lowest BCUT2D eigenvalue weighted by Crippen LogP contribution is -2.11. The van der Waals surface area contributed by atoms with Gasteiger partial charge in [-0.1, -0.05) is 72.8 Å². The fourth-order valence-corrected chi connectivity index (χ4v) is 2.88. The Morgan fingerprint density at radius 1 is 0.682 bits per heavy atom. The number of fused-ring (bicyclic) bond motifs is 1. The lowest BCUT2D eigenvalue weighted by Gasteiger charge is -2.20. The van der Waals surface area contributed by atoms with Gasteiger partial charge in [-0.25, -0.2) is 4.98 Å². The molecular weight excluding hydrogens is 268 g/mol. The Bertz CT molecular complexity index is 840. The number of rotatable bonds is 3. The molecule has 1 heterocycles. The van der Waals surface area contributed by atoms with Crippen molar-refractivity contribution in [1.29, 1.82) is 0 Å². The summed E-state index contributed by atoms with van der Waals surface area (Å²) in [5.41, 5.74) is 4.53. The zero-order valence-corrected chi connectivity index (χ0v) is 12.1. The van der Waals surface area contributed by atoms with Crippen LogP contribution in [-0.4, -0.2) is 9.55 Å². The van der Waals surface area contributed by atoms with Gasteiger partial charge in [0.05, 0.1) is 17.1 Å². The van der Waals surface area contributed by atoms with Crippen LogP contribution in [0.15, 0.2) is 84.9 Å². The van der Waals surface area contributed by atoms with Crippen molar-refractivity contribution in [3.63, 3.8) is 0 Å². The monoisotopic (exact) mass is 283 g/mol. The summed E-state index contributed by atoms with van der Waals surface area (Å²) in [6, 6.07) is 29.2. The molecule has 1 radical (unpaired) electrons. The first-order valence-electron chi connectivity index (χ1n) is 7.38. The maximum atomic E-state index is 4.43. The average molecular weight is 283 g/mol. The third kappa shape index (κ3) is 2.19. The summed E-state index contributed by atoms with van der Waals surface area (Å²) in [6.45, 7) is 0. The van der Waals surface area contributed by atoms with Crippen LogP contribution in [0.5, 0.6) is 0 Å². The molecule has 0 unspecified atom stereocenters. The number of imidazole rings is 1. The molecule has 3 aromatic carbocycles. The number of para-hydroxylation sites is 2. The highest BCUT2D eigenvalue weighted by molar-refractivity contribution is 5.75. The van der Waals surface area contributed by atoms with Crippen molar-refractivity contribution >= 4 is 11.0 Å². The first-order valence-corrected chi connectivity index (χ1v) is 7.38. The van der Waals surface area contributed by atoms with E-state index in [9.17, 15) is 0 Å². The summed E-state index contributed by atoms with van der Waals surface area (Å²) in [6.07, 6.45) is 3.18. The van der Waals surface area contributed by atoms with Gasteiger partial charge in [-0.15, -0.1) is 0 Å². The minimum atomic E-state index is 0.0785. The molecule has 0 N–H and O–H groups in total. The second-order valence-electron chi connectivity index (χ2n) is 5.29. The summed E-state index contributed by atoms with van der Waals surface area (Å²) in [7, 11) is 0. The first kappa shape index (κ1) is 12.8. The average Bonchev–Trinajstić information content (AvgIpc) is 3.01. The number of hydrogen-bond acceptors (Lipinski definition) is 1. The Hall–Kier alpha value is -2.87. The van der Waals surface area contributed by atoms with Crippen molar-refractivity contribution in [3.8, 4) is 0 Å². The van der Waals surface area contributed by atoms with Crippen LogP contribution in [0.1, 0.15) is 17.2 Å². The smallest absolute Gasteiger partial charge is 0.178 e. The molecule has 22 heavy (non-hydrogen) atoms. The minimum Gasteiger partial charge on any atom is -0.310 e. The summed E-state index contributed by atoms with van der Waals surface area (Å²) in [4.78, 5) is 4.43. The van der Waals surface area contributed by atoms with Gasteiger partial charge in [0.15, 0.2) is 6.33 Å². The van der Waals surface area contributed by atoms with Crippen molar-refractivity contribution in [2.24, 2.45) is 0 Å². The Kier molecular flexibility index (Phi) is 3.20. The van der Waals surface area contributed by atoms with Gasteiger partial charge < -0.3 is 4.57 Å². The molecule has 0 fully saturated rings. The molecular formula is C20H15N2. The van der Waals surface area contributed by atoms with Gasteiger partial charge in [0.25, 0.3) is 0 Å². The van der Waals surface area contributed by atoms with E-state index >= 15 is 0 Å². The van der Waals surface area contributed by atoms with E-state index in [0.717, 1.165) is 11.0 Å². The molecule has 4 aromatic rings. The molecule has 0 bridgehead atoms. The summed E-state index contributed by atoms with van der Waals surface area (Å²) >= 11 is 0. The van der Waals surface area contributed by atoms with Crippen molar-refractivity contribution in [3.05, 3.63) is 102 Å². The minimum absolute atomic E-state index is 0.0785. The van der Waals surface area contributed by atoms with E-state index in [-0.39, 0.29) is 6.04 Å². The van der Waals surface area contributed by atoms with E-state index in [0.29, 0.717) is 0 Å². The van der Waals surface area contributed by atoms with Gasteiger partial charge in [0, 0.05) is 0 Å². The fourth-order valence-electron chi connectivity index (χ4n) is 2.88. The lowest BCUT2D eigenvalue weighted by molar-refractivity contribution is 0.692. The Labute approximate surface area is 129 Å². The Morgan fingerprint density at radius 3 is 1.86 bits per heavy atom. The summed E-state index contributed by atoms with van der Waals surface area (Å²) in [5.74, 6) is 0. The number of aromatic nitrogens is 2. The third-order valence-electron chi connectivity index (χ3n) is 3.91. The standard InChI is InChI=1S/C20H15N2/c1-3-9-16(10-4-1)20(17-11-5-2-6-12-17)22-15-21-18-13-7-8-14-19(18)22/h1-14,20H. The second-order valence-corrected chi connectivity index (χ2v) is 5.29. The molecule has 0 atom stereocenters.